The number of ether oxygens (including phenoxy) is 4. The number of methoxy groups -OCH3 is 3. The van der Waals surface area contributed by atoms with E-state index >= 15 is 0 Å². The van der Waals surface area contributed by atoms with Crippen LogP contribution in [0.5, 0.6) is 5.75 Å². The van der Waals surface area contributed by atoms with Gasteiger partial charge in [-0.25, -0.2) is 0 Å². The van der Waals surface area contributed by atoms with Crippen LogP contribution in [0.2, 0.25) is 0 Å². The highest BCUT2D eigenvalue weighted by Crippen LogP contribution is 2.31. The number of terminal acetylenes is 1. The van der Waals surface area contributed by atoms with Gasteiger partial charge in [0, 0.05) is 51.1 Å². The number of hydrogen-bond donors (Lipinski definition) is 1. The number of hydrogen-bond acceptors (Lipinski definition) is 9. The Labute approximate surface area is 357 Å². The maximum absolute atomic E-state index is 12.9. The second-order valence-corrected chi connectivity index (χ2v) is 12.6. The number of allylic oxidation sites excluding steroid dienone is 7. The van der Waals surface area contributed by atoms with Gasteiger partial charge in [-0.1, -0.05) is 78.0 Å². The summed E-state index contributed by atoms with van der Waals surface area (Å²) < 4.78 is 21.5. The summed E-state index contributed by atoms with van der Waals surface area (Å²) >= 11 is 0. The minimum Gasteiger partial charge on any atom is -0.497 e. The molecule has 1 aliphatic heterocycles. The number of aliphatic hydroxyl groups excluding tert-OH is 1. The lowest BCUT2D eigenvalue weighted by Gasteiger charge is -2.20. The second-order valence-electron chi connectivity index (χ2n) is 12.6. The fourth-order valence-corrected chi connectivity index (χ4v) is 5.06. The molecular weight excluding hydrogens is 743 g/mol. The van der Waals surface area contributed by atoms with E-state index in [-0.39, 0.29) is 24.0 Å². The topological polar surface area (TPSA) is 119 Å². The summed E-state index contributed by atoms with van der Waals surface area (Å²) in [7, 11) is 4.76. The lowest BCUT2D eigenvalue weighted by Crippen LogP contribution is -2.27. The van der Waals surface area contributed by atoms with E-state index in [0.29, 0.717) is 54.0 Å². The summed E-state index contributed by atoms with van der Waals surface area (Å²) in [6, 6.07) is 5.15. The SMILES string of the molecule is C#C.C=C(/C=C(OCCCOC)\C(=C/CC(C)=O)OC)N=CC(C)C/C(=C/C=C\C)CC.C=Nc1ccc(OC)cc1C(=O)N1CCC(C)=C1/C=C\C(C)O.CC.CC. The first kappa shape index (κ1) is 58.1. The van der Waals surface area contributed by atoms with Crippen molar-refractivity contribution in [2.24, 2.45) is 15.9 Å². The van der Waals surface area contributed by atoms with Crippen molar-refractivity contribution in [3.63, 3.8) is 0 Å². The number of carbonyl (C=O) groups is 2. The van der Waals surface area contributed by atoms with Crippen molar-refractivity contribution in [1.82, 2.24) is 4.90 Å². The summed E-state index contributed by atoms with van der Waals surface area (Å²) in [5.41, 5.74) is 4.87. The molecule has 59 heavy (non-hydrogen) atoms. The molecule has 1 heterocycles. The highest BCUT2D eigenvalue weighted by atomic mass is 16.5. The standard InChI is InChI=1S/C25H39NO4.C18H22N2O3.2C2H6.C2H2/c1-8-10-12-23(9-2)17-20(3)19-26-21(4)18-25(30-16-11-15-28-6)24(29-7)14-13-22(5)27;1-12-9-10-20(17(12)8-5-13(2)21)18(22)15-11-14(23-4)6-7-16(15)19-3;3*1-2/h8,10,12,14,18-20H,4,9,11,13,15-17H2,1-3,5-7H3;5-8,11,13,21H,3,9-10H2,1-2,4H3;2*1-2H3;1-2H/b10-8-,23-12+,24-14+,25-18+,26-19?;8-5-;;;. The van der Waals surface area contributed by atoms with Crippen LogP contribution in [0.4, 0.5) is 5.69 Å². The molecule has 0 aliphatic carbocycles. The van der Waals surface area contributed by atoms with E-state index in [1.165, 1.54) is 12.5 Å². The van der Waals surface area contributed by atoms with Gasteiger partial charge in [-0.2, -0.15) is 0 Å². The molecule has 10 heteroatoms. The van der Waals surface area contributed by atoms with Gasteiger partial charge in [0.1, 0.15) is 11.5 Å². The van der Waals surface area contributed by atoms with Crippen molar-refractivity contribution in [2.75, 3.05) is 41.1 Å². The van der Waals surface area contributed by atoms with Crippen molar-refractivity contribution in [2.45, 2.75) is 107 Å². The molecule has 2 rings (SSSR count). The van der Waals surface area contributed by atoms with E-state index in [0.717, 1.165) is 37.0 Å². The van der Waals surface area contributed by atoms with Crippen LogP contribution in [0, 0.1) is 18.8 Å². The second kappa shape index (κ2) is 37.1. The van der Waals surface area contributed by atoms with E-state index in [1.807, 2.05) is 53.8 Å². The van der Waals surface area contributed by atoms with Crippen LogP contribution >= 0.6 is 0 Å². The molecule has 328 valence electrons. The number of aliphatic imine (C=N–C) groups is 2. The van der Waals surface area contributed by atoms with Crippen LogP contribution in [0.15, 0.2) is 111 Å². The molecule has 1 amide bonds. The fraction of sp³-hybridized carbons (Fsp3) is 0.469. The lowest BCUT2D eigenvalue weighted by atomic mass is 10.00. The zero-order chi connectivity index (χ0) is 45.8. The number of ketones is 1. The minimum absolute atomic E-state index is 0.0478. The van der Waals surface area contributed by atoms with Gasteiger partial charge in [-0.3, -0.25) is 19.6 Å². The average Bonchev–Trinajstić information content (AvgIpc) is 3.63. The van der Waals surface area contributed by atoms with Crippen LogP contribution in [0.25, 0.3) is 0 Å². The molecule has 1 aliphatic rings. The maximum Gasteiger partial charge on any atom is 0.260 e. The van der Waals surface area contributed by atoms with E-state index < -0.39 is 6.10 Å². The lowest BCUT2D eigenvalue weighted by molar-refractivity contribution is -0.116. The van der Waals surface area contributed by atoms with Crippen LogP contribution in [-0.4, -0.2) is 81.8 Å². The van der Waals surface area contributed by atoms with Crippen molar-refractivity contribution in [3.8, 4) is 18.6 Å². The third-order valence-electron chi connectivity index (χ3n) is 7.96. The van der Waals surface area contributed by atoms with Crippen molar-refractivity contribution >= 4 is 30.3 Å². The van der Waals surface area contributed by atoms with Gasteiger partial charge in [0.05, 0.1) is 43.9 Å². The molecule has 0 saturated heterocycles. The Balaban J connectivity index is -0.000000963. The largest absolute Gasteiger partial charge is 0.497 e. The van der Waals surface area contributed by atoms with E-state index in [9.17, 15) is 14.7 Å². The zero-order valence-electron chi connectivity index (χ0n) is 38.5. The summed E-state index contributed by atoms with van der Waals surface area (Å²) in [5.74, 6) is 1.79. The summed E-state index contributed by atoms with van der Waals surface area (Å²) in [6.07, 6.45) is 26.3. The predicted octanol–water partition coefficient (Wildman–Crippen LogP) is 11.3. The van der Waals surface area contributed by atoms with Gasteiger partial charge in [-0.15, -0.1) is 12.8 Å². The molecule has 0 bridgehead atoms. The van der Waals surface area contributed by atoms with E-state index in [4.69, 9.17) is 18.9 Å². The van der Waals surface area contributed by atoms with Crippen molar-refractivity contribution < 1.29 is 33.6 Å². The highest BCUT2D eigenvalue weighted by molar-refractivity contribution is 6.01. The third-order valence-corrected chi connectivity index (χ3v) is 7.96. The molecule has 0 fully saturated rings. The number of carbonyl (C=O) groups excluding carboxylic acids is 2. The number of aliphatic hydroxyl groups is 1. The molecule has 1 N–H and O–H groups in total. The van der Waals surface area contributed by atoms with Gasteiger partial charge in [-0.05, 0) is 95.5 Å². The molecule has 1 aromatic carbocycles. The Hall–Kier alpha value is -5.24. The normalized spacial score (nSPS) is 13.8. The Bertz CT molecular complexity index is 1620. The monoisotopic (exact) mass is 818 g/mol. The number of rotatable bonds is 21. The highest BCUT2D eigenvalue weighted by Gasteiger charge is 2.27. The molecule has 0 saturated carbocycles. The van der Waals surface area contributed by atoms with Gasteiger partial charge in [0.25, 0.3) is 5.91 Å². The molecule has 1 aromatic rings. The number of amides is 1. The van der Waals surface area contributed by atoms with Gasteiger partial charge < -0.3 is 29.0 Å². The van der Waals surface area contributed by atoms with Gasteiger partial charge in [0.2, 0.25) is 0 Å². The molecule has 2 atom stereocenters. The molecule has 0 spiro atoms. The average molecular weight is 818 g/mol. The quantitative estimate of drug-likeness (QED) is 0.0431. The molecule has 0 radical (unpaired) electrons. The van der Waals surface area contributed by atoms with Crippen molar-refractivity contribution in [1.29, 1.82) is 0 Å². The predicted molar refractivity (Wildman–Crippen MR) is 249 cm³/mol. The number of benzene rings is 1. The Morgan fingerprint density at radius 3 is 2.25 bits per heavy atom. The Morgan fingerprint density at radius 1 is 1.07 bits per heavy atom. The summed E-state index contributed by atoms with van der Waals surface area (Å²) in [6.45, 7) is 28.7. The first-order valence-corrected chi connectivity index (χ1v) is 20.3. The Morgan fingerprint density at radius 2 is 1.73 bits per heavy atom. The van der Waals surface area contributed by atoms with Crippen LogP contribution in [-0.2, 0) is 19.0 Å². The van der Waals surface area contributed by atoms with Crippen LogP contribution in [0.1, 0.15) is 112 Å². The summed E-state index contributed by atoms with van der Waals surface area (Å²) in [5, 5.41) is 9.44. The molecule has 10 nitrogen and oxygen atoms in total. The Kier molecular flexibility index (Phi) is 36.5. The number of nitrogens with zero attached hydrogens (tertiary/aromatic N) is 3. The number of Topliss-reactive ketones (excluding diaryl/α,β-unsaturated/α-hetero) is 1. The first-order chi connectivity index (χ1) is 28.3. The van der Waals surface area contributed by atoms with Crippen LogP contribution < -0.4 is 4.74 Å². The maximum atomic E-state index is 12.9. The van der Waals surface area contributed by atoms with Crippen LogP contribution in [0.3, 0.4) is 0 Å². The van der Waals surface area contributed by atoms with Gasteiger partial charge in [0.15, 0.2) is 11.5 Å². The van der Waals surface area contributed by atoms with Gasteiger partial charge >= 0.3 is 0 Å². The summed E-state index contributed by atoms with van der Waals surface area (Å²) in [4.78, 5) is 34.4. The molecule has 2 unspecified atom stereocenters. The third kappa shape index (κ3) is 25.0. The fourth-order valence-electron chi connectivity index (χ4n) is 5.06. The first-order valence-electron chi connectivity index (χ1n) is 20.3. The van der Waals surface area contributed by atoms with Crippen molar-refractivity contribution in [3.05, 3.63) is 107 Å². The van der Waals surface area contributed by atoms with E-state index in [1.54, 1.807) is 75.7 Å². The molecule has 0 aromatic heterocycles. The smallest absolute Gasteiger partial charge is 0.260 e. The minimum atomic E-state index is -0.560. The van der Waals surface area contributed by atoms with E-state index in [2.05, 4.69) is 62.1 Å². The zero-order valence-corrected chi connectivity index (χ0v) is 38.5. The molecular formula is C49H75N3O7.